The first-order valence-electron chi connectivity index (χ1n) is 8.25. The average molecular weight is 332 g/mol. The van der Waals surface area contributed by atoms with Gasteiger partial charge in [0.25, 0.3) is 5.91 Å². The molecule has 0 aliphatic carbocycles. The number of aryl methyl sites for hydroxylation is 1. The number of nitrogens with zero attached hydrogens (tertiary/aromatic N) is 1. The van der Waals surface area contributed by atoms with Crippen LogP contribution < -0.4 is 5.32 Å². The summed E-state index contributed by atoms with van der Waals surface area (Å²) in [6, 6.07) is 8.04. The fraction of sp³-hybridized carbons (Fsp3) is 0.500. The van der Waals surface area contributed by atoms with Crippen LogP contribution >= 0.6 is 11.3 Å². The number of nitrogens with one attached hydrogen (secondary N) is 1. The molecule has 1 N–H and O–H groups in total. The number of furan rings is 1. The number of piperidine rings is 1. The van der Waals surface area contributed by atoms with Gasteiger partial charge in [0.15, 0.2) is 5.76 Å². The van der Waals surface area contributed by atoms with Crippen molar-refractivity contribution in [1.82, 2.24) is 10.2 Å². The molecule has 1 amide bonds. The van der Waals surface area contributed by atoms with E-state index in [2.05, 4.69) is 34.7 Å². The van der Waals surface area contributed by atoms with E-state index in [9.17, 15) is 4.79 Å². The van der Waals surface area contributed by atoms with E-state index in [4.69, 9.17) is 4.42 Å². The first-order chi connectivity index (χ1) is 11.1. The number of thiophene rings is 1. The molecule has 0 spiro atoms. The van der Waals surface area contributed by atoms with Gasteiger partial charge in [-0.25, -0.2) is 0 Å². The molecule has 0 radical (unpaired) electrons. The fourth-order valence-electron chi connectivity index (χ4n) is 3.06. The lowest BCUT2D eigenvalue weighted by Crippen LogP contribution is -2.41. The molecule has 1 unspecified atom stereocenters. The van der Waals surface area contributed by atoms with Crippen LogP contribution in [0, 0.1) is 12.8 Å². The highest BCUT2D eigenvalue weighted by Gasteiger charge is 2.26. The highest BCUT2D eigenvalue weighted by molar-refractivity contribution is 7.10. The molecule has 4 nitrogen and oxygen atoms in total. The molecule has 1 fully saturated rings. The highest BCUT2D eigenvalue weighted by Crippen LogP contribution is 2.29. The van der Waals surface area contributed by atoms with Gasteiger partial charge in [0.05, 0.1) is 6.04 Å². The van der Waals surface area contributed by atoms with Gasteiger partial charge in [-0.3, -0.25) is 9.69 Å². The quantitative estimate of drug-likeness (QED) is 0.904. The van der Waals surface area contributed by atoms with Crippen LogP contribution in [0.4, 0.5) is 0 Å². The molecule has 1 aliphatic rings. The SMILES string of the molecule is Cc1ccc(C(=O)NCC(c2cccs2)N2CCC(C)CC2)o1. The fourth-order valence-corrected chi connectivity index (χ4v) is 3.92. The van der Waals surface area contributed by atoms with Crippen LogP contribution in [0.3, 0.4) is 0 Å². The summed E-state index contributed by atoms with van der Waals surface area (Å²) in [6.45, 7) is 6.98. The average Bonchev–Trinajstić information content (AvgIpc) is 3.21. The van der Waals surface area contributed by atoms with Crippen molar-refractivity contribution in [1.29, 1.82) is 0 Å². The third kappa shape index (κ3) is 4.03. The molecule has 1 atom stereocenters. The molecule has 0 saturated carbocycles. The molecular weight excluding hydrogens is 308 g/mol. The zero-order valence-corrected chi connectivity index (χ0v) is 14.6. The molecule has 23 heavy (non-hydrogen) atoms. The van der Waals surface area contributed by atoms with Crippen LogP contribution in [-0.4, -0.2) is 30.4 Å². The number of likely N-dealkylation sites (tertiary alicyclic amines) is 1. The smallest absolute Gasteiger partial charge is 0.287 e. The molecule has 3 rings (SSSR count). The van der Waals surface area contributed by atoms with Gasteiger partial charge in [0.1, 0.15) is 5.76 Å². The summed E-state index contributed by atoms with van der Waals surface area (Å²) in [5.41, 5.74) is 0. The van der Waals surface area contributed by atoms with Crippen LogP contribution in [0.2, 0.25) is 0 Å². The second-order valence-electron chi connectivity index (χ2n) is 6.37. The maximum atomic E-state index is 12.2. The van der Waals surface area contributed by atoms with E-state index < -0.39 is 0 Å². The summed E-state index contributed by atoms with van der Waals surface area (Å²) in [4.78, 5) is 16.1. The van der Waals surface area contributed by atoms with E-state index in [1.54, 1.807) is 17.4 Å². The Morgan fingerprint density at radius 1 is 1.39 bits per heavy atom. The van der Waals surface area contributed by atoms with Crippen LogP contribution in [0.5, 0.6) is 0 Å². The largest absolute Gasteiger partial charge is 0.456 e. The zero-order valence-electron chi connectivity index (χ0n) is 13.7. The molecule has 1 saturated heterocycles. The lowest BCUT2D eigenvalue weighted by Gasteiger charge is -2.36. The van der Waals surface area contributed by atoms with Crippen LogP contribution in [0.15, 0.2) is 34.1 Å². The van der Waals surface area contributed by atoms with Crippen molar-refractivity contribution < 1.29 is 9.21 Å². The van der Waals surface area contributed by atoms with Gasteiger partial charge in [0.2, 0.25) is 0 Å². The molecule has 3 heterocycles. The van der Waals surface area contributed by atoms with Gasteiger partial charge >= 0.3 is 0 Å². The minimum absolute atomic E-state index is 0.134. The standard InChI is InChI=1S/C18H24N2O2S/c1-13-7-9-20(10-8-13)15(17-4-3-11-23-17)12-19-18(21)16-6-5-14(2)22-16/h3-6,11,13,15H,7-10,12H2,1-2H3,(H,19,21). The Balaban J connectivity index is 1.66. The Bertz CT molecular complexity index is 627. The summed E-state index contributed by atoms with van der Waals surface area (Å²) >= 11 is 1.76. The van der Waals surface area contributed by atoms with Crippen molar-refractivity contribution in [2.75, 3.05) is 19.6 Å². The van der Waals surface area contributed by atoms with E-state index in [0.717, 1.165) is 24.8 Å². The van der Waals surface area contributed by atoms with Crippen molar-refractivity contribution >= 4 is 17.2 Å². The Labute approximate surface area is 141 Å². The number of rotatable bonds is 5. The second-order valence-corrected chi connectivity index (χ2v) is 7.35. The minimum Gasteiger partial charge on any atom is -0.456 e. The molecule has 2 aromatic rings. The maximum absolute atomic E-state index is 12.2. The van der Waals surface area contributed by atoms with E-state index in [1.165, 1.54) is 17.7 Å². The van der Waals surface area contributed by atoms with E-state index >= 15 is 0 Å². The Hall–Kier alpha value is -1.59. The molecule has 0 bridgehead atoms. The molecule has 1 aliphatic heterocycles. The lowest BCUT2D eigenvalue weighted by atomic mass is 9.97. The van der Waals surface area contributed by atoms with Crippen LogP contribution in [0.1, 0.15) is 47.0 Å². The zero-order chi connectivity index (χ0) is 16.2. The first kappa shape index (κ1) is 16.3. The highest BCUT2D eigenvalue weighted by atomic mass is 32.1. The monoisotopic (exact) mass is 332 g/mol. The third-order valence-electron chi connectivity index (χ3n) is 4.55. The van der Waals surface area contributed by atoms with Gasteiger partial charge in [-0.15, -0.1) is 11.3 Å². The van der Waals surface area contributed by atoms with Gasteiger partial charge in [-0.2, -0.15) is 0 Å². The Morgan fingerprint density at radius 2 is 2.17 bits per heavy atom. The number of amides is 1. The van der Waals surface area contributed by atoms with Gasteiger partial charge in [-0.1, -0.05) is 13.0 Å². The normalized spacial score (nSPS) is 18.0. The molecule has 0 aromatic carbocycles. The van der Waals surface area contributed by atoms with Crippen molar-refractivity contribution in [2.45, 2.75) is 32.7 Å². The number of hydrogen-bond acceptors (Lipinski definition) is 4. The van der Waals surface area contributed by atoms with Crippen LogP contribution in [-0.2, 0) is 0 Å². The molecule has 2 aromatic heterocycles. The lowest BCUT2D eigenvalue weighted by molar-refractivity contribution is 0.0887. The van der Waals surface area contributed by atoms with Crippen molar-refractivity contribution in [2.24, 2.45) is 5.92 Å². The van der Waals surface area contributed by atoms with Gasteiger partial charge in [0, 0.05) is 11.4 Å². The van der Waals surface area contributed by atoms with E-state index in [1.807, 2.05) is 13.0 Å². The summed E-state index contributed by atoms with van der Waals surface area (Å²) in [7, 11) is 0. The predicted octanol–water partition coefficient (Wildman–Crippen LogP) is 3.85. The molecular formula is C18H24N2O2S. The Kier molecular flexibility index (Phi) is 5.18. The van der Waals surface area contributed by atoms with Crippen molar-refractivity contribution in [3.63, 3.8) is 0 Å². The third-order valence-corrected chi connectivity index (χ3v) is 5.52. The van der Waals surface area contributed by atoms with Crippen molar-refractivity contribution in [3.05, 3.63) is 46.0 Å². The van der Waals surface area contributed by atoms with Gasteiger partial charge in [-0.05, 0) is 62.4 Å². The summed E-state index contributed by atoms with van der Waals surface area (Å²) in [5, 5.41) is 5.15. The summed E-state index contributed by atoms with van der Waals surface area (Å²) in [5.74, 6) is 1.82. The maximum Gasteiger partial charge on any atom is 0.287 e. The molecule has 124 valence electrons. The van der Waals surface area contributed by atoms with Gasteiger partial charge < -0.3 is 9.73 Å². The van der Waals surface area contributed by atoms with E-state index in [0.29, 0.717) is 12.3 Å². The Morgan fingerprint density at radius 3 is 2.78 bits per heavy atom. The van der Waals surface area contributed by atoms with Crippen molar-refractivity contribution in [3.8, 4) is 0 Å². The topological polar surface area (TPSA) is 45.5 Å². The summed E-state index contributed by atoms with van der Waals surface area (Å²) in [6.07, 6.45) is 2.46. The minimum atomic E-state index is -0.134. The number of carbonyl (C=O) groups is 1. The van der Waals surface area contributed by atoms with E-state index in [-0.39, 0.29) is 11.9 Å². The first-order valence-corrected chi connectivity index (χ1v) is 9.13. The number of hydrogen-bond donors (Lipinski definition) is 1. The summed E-state index contributed by atoms with van der Waals surface area (Å²) < 4.78 is 5.40. The molecule has 5 heteroatoms. The second kappa shape index (κ2) is 7.32. The predicted molar refractivity (Wildman–Crippen MR) is 92.8 cm³/mol. The number of carbonyl (C=O) groups excluding carboxylic acids is 1. The van der Waals surface area contributed by atoms with Crippen LogP contribution in [0.25, 0.3) is 0 Å².